The largest absolute Gasteiger partial charge is 0.309 e. The molecule has 1 aromatic carbocycles. The van der Waals surface area contributed by atoms with Crippen LogP contribution in [0.4, 0.5) is 4.39 Å². The number of hydrogen-bond acceptors (Lipinski definition) is 2. The van der Waals surface area contributed by atoms with Gasteiger partial charge < -0.3 is 5.32 Å². The third-order valence-corrected chi connectivity index (χ3v) is 3.26. The predicted octanol–water partition coefficient (Wildman–Crippen LogP) is 3.45. The van der Waals surface area contributed by atoms with E-state index in [4.69, 9.17) is 0 Å². The van der Waals surface area contributed by atoms with Crippen LogP contribution in [-0.4, -0.2) is 12.0 Å². The van der Waals surface area contributed by atoms with E-state index >= 15 is 0 Å². The van der Waals surface area contributed by atoms with Crippen LogP contribution >= 0.6 is 0 Å². The molecule has 2 aromatic rings. The molecule has 0 aliphatic carbocycles. The van der Waals surface area contributed by atoms with Crippen molar-refractivity contribution in [1.29, 1.82) is 0 Å². The normalized spacial score (nSPS) is 12.5. The number of halogens is 1. The van der Waals surface area contributed by atoms with Crippen LogP contribution < -0.4 is 5.32 Å². The summed E-state index contributed by atoms with van der Waals surface area (Å²) in [5.41, 5.74) is 4.65. The van der Waals surface area contributed by atoms with Crippen molar-refractivity contribution < 1.29 is 4.39 Å². The second-order valence-electron chi connectivity index (χ2n) is 4.91. The first-order chi connectivity index (χ1) is 9.01. The minimum absolute atomic E-state index is 0.0181. The highest BCUT2D eigenvalue weighted by molar-refractivity contribution is 5.35. The number of nitrogens with zero attached hydrogens (tertiary/aromatic N) is 1. The fourth-order valence-corrected chi connectivity index (χ4v) is 2.35. The van der Waals surface area contributed by atoms with E-state index in [1.54, 1.807) is 13.0 Å². The Hall–Kier alpha value is -1.74. The molecule has 2 rings (SSSR count). The van der Waals surface area contributed by atoms with E-state index in [0.29, 0.717) is 5.56 Å². The van der Waals surface area contributed by atoms with Crippen LogP contribution in [0.25, 0.3) is 0 Å². The lowest BCUT2D eigenvalue weighted by atomic mass is 9.97. The van der Waals surface area contributed by atoms with Crippen LogP contribution in [0.5, 0.6) is 0 Å². The third-order valence-electron chi connectivity index (χ3n) is 3.26. The average molecular weight is 258 g/mol. The molecule has 0 spiro atoms. The molecule has 0 aliphatic rings. The van der Waals surface area contributed by atoms with E-state index < -0.39 is 0 Å². The Bertz CT molecular complexity index is 573. The van der Waals surface area contributed by atoms with E-state index in [2.05, 4.69) is 10.3 Å². The highest BCUT2D eigenvalue weighted by atomic mass is 19.1. The summed E-state index contributed by atoms with van der Waals surface area (Å²) in [6.07, 6.45) is 0. The molecule has 1 N–H and O–H groups in total. The topological polar surface area (TPSA) is 24.9 Å². The van der Waals surface area contributed by atoms with Crippen LogP contribution in [0.15, 0.2) is 30.3 Å². The first kappa shape index (κ1) is 13.7. The molecule has 1 atom stereocenters. The Morgan fingerprint density at radius 3 is 2.16 bits per heavy atom. The van der Waals surface area contributed by atoms with Gasteiger partial charge in [0.2, 0.25) is 0 Å². The van der Waals surface area contributed by atoms with Gasteiger partial charge in [0.1, 0.15) is 5.82 Å². The minimum atomic E-state index is -0.166. The summed E-state index contributed by atoms with van der Waals surface area (Å²) in [6, 6.07) is 9.43. The summed E-state index contributed by atoms with van der Waals surface area (Å²) in [4.78, 5) is 4.37. The Balaban J connectivity index is 2.46. The zero-order chi connectivity index (χ0) is 14.0. The van der Waals surface area contributed by atoms with Crippen molar-refractivity contribution in [3.05, 3.63) is 64.2 Å². The van der Waals surface area contributed by atoms with Gasteiger partial charge in [0.25, 0.3) is 0 Å². The monoisotopic (exact) mass is 258 g/mol. The maximum absolute atomic E-state index is 13.7. The van der Waals surface area contributed by atoms with Crippen LogP contribution in [-0.2, 0) is 0 Å². The van der Waals surface area contributed by atoms with Crippen molar-refractivity contribution in [2.75, 3.05) is 7.05 Å². The minimum Gasteiger partial charge on any atom is -0.309 e. The molecule has 1 aromatic heterocycles. The second-order valence-corrected chi connectivity index (χ2v) is 4.91. The molecular weight excluding hydrogens is 239 g/mol. The fraction of sp³-hybridized carbons (Fsp3) is 0.312. The molecule has 1 unspecified atom stereocenters. The van der Waals surface area contributed by atoms with Crippen molar-refractivity contribution in [2.24, 2.45) is 0 Å². The van der Waals surface area contributed by atoms with Crippen LogP contribution in [0.2, 0.25) is 0 Å². The summed E-state index contributed by atoms with van der Waals surface area (Å²) in [5, 5.41) is 3.24. The van der Waals surface area contributed by atoms with E-state index in [0.717, 1.165) is 22.5 Å². The zero-order valence-corrected chi connectivity index (χ0v) is 11.8. The van der Waals surface area contributed by atoms with Crippen molar-refractivity contribution >= 4 is 0 Å². The average Bonchev–Trinajstić information content (AvgIpc) is 2.33. The Labute approximate surface area is 113 Å². The molecule has 0 bridgehead atoms. The highest BCUT2D eigenvalue weighted by Crippen LogP contribution is 2.24. The quantitative estimate of drug-likeness (QED) is 0.912. The maximum atomic E-state index is 13.7. The van der Waals surface area contributed by atoms with Gasteiger partial charge in [-0.05, 0) is 62.7 Å². The van der Waals surface area contributed by atoms with Crippen molar-refractivity contribution in [1.82, 2.24) is 10.3 Å². The Morgan fingerprint density at radius 2 is 1.63 bits per heavy atom. The second kappa shape index (κ2) is 5.49. The molecule has 19 heavy (non-hydrogen) atoms. The summed E-state index contributed by atoms with van der Waals surface area (Å²) < 4.78 is 13.7. The molecule has 0 saturated carbocycles. The van der Waals surface area contributed by atoms with Crippen LogP contribution in [0, 0.1) is 26.6 Å². The first-order valence-corrected chi connectivity index (χ1v) is 6.39. The summed E-state index contributed by atoms with van der Waals surface area (Å²) in [5.74, 6) is -0.166. The van der Waals surface area contributed by atoms with Gasteiger partial charge in [-0.25, -0.2) is 4.39 Å². The molecule has 0 radical (unpaired) electrons. The van der Waals surface area contributed by atoms with Crippen LogP contribution in [0.1, 0.15) is 34.1 Å². The fourth-order valence-electron chi connectivity index (χ4n) is 2.35. The zero-order valence-electron chi connectivity index (χ0n) is 11.8. The van der Waals surface area contributed by atoms with E-state index in [1.165, 1.54) is 0 Å². The number of aromatic nitrogens is 1. The van der Waals surface area contributed by atoms with Crippen LogP contribution in [0.3, 0.4) is 0 Å². The molecule has 0 saturated heterocycles. The number of hydrogen-bond donors (Lipinski definition) is 1. The highest BCUT2D eigenvalue weighted by Gasteiger charge is 2.14. The molecule has 0 amide bonds. The lowest BCUT2D eigenvalue weighted by Crippen LogP contribution is -2.18. The molecule has 2 nitrogen and oxygen atoms in total. The van der Waals surface area contributed by atoms with E-state index in [-0.39, 0.29) is 11.9 Å². The first-order valence-electron chi connectivity index (χ1n) is 6.39. The van der Waals surface area contributed by atoms with Gasteiger partial charge in [0.15, 0.2) is 0 Å². The van der Waals surface area contributed by atoms with Gasteiger partial charge in [-0.3, -0.25) is 4.98 Å². The number of nitrogens with one attached hydrogen (secondary N) is 1. The van der Waals surface area contributed by atoms with Crippen molar-refractivity contribution in [2.45, 2.75) is 26.8 Å². The van der Waals surface area contributed by atoms with Gasteiger partial charge in [-0.15, -0.1) is 0 Å². The van der Waals surface area contributed by atoms with E-state index in [9.17, 15) is 4.39 Å². The molecule has 3 heteroatoms. The van der Waals surface area contributed by atoms with Crippen molar-refractivity contribution in [3.8, 4) is 0 Å². The molecular formula is C16H19FN2. The third kappa shape index (κ3) is 2.99. The lowest BCUT2D eigenvalue weighted by Gasteiger charge is -2.18. The van der Waals surface area contributed by atoms with Gasteiger partial charge in [-0.1, -0.05) is 12.1 Å². The Kier molecular flexibility index (Phi) is 3.96. The van der Waals surface area contributed by atoms with Gasteiger partial charge in [0.05, 0.1) is 6.04 Å². The smallest absolute Gasteiger partial charge is 0.126 e. The SMILES string of the molecule is CNC(c1cc(C)nc(C)c1)c1ccc(C)c(F)c1. The van der Waals surface area contributed by atoms with Gasteiger partial charge >= 0.3 is 0 Å². The standard InChI is InChI=1S/C16H19FN2/c1-10-5-6-13(9-15(10)17)16(18-4)14-7-11(2)19-12(3)8-14/h5-9,16,18H,1-4H3. The summed E-state index contributed by atoms with van der Waals surface area (Å²) in [7, 11) is 1.88. The predicted molar refractivity (Wildman–Crippen MR) is 75.8 cm³/mol. The number of rotatable bonds is 3. The number of benzene rings is 1. The Morgan fingerprint density at radius 1 is 1.00 bits per heavy atom. The van der Waals surface area contributed by atoms with Crippen molar-refractivity contribution in [3.63, 3.8) is 0 Å². The lowest BCUT2D eigenvalue weighted by molar-refractivity contribution is 0.608. The number of aryl methyl sites for hydroxylation is 3. The molecule has 0 aliphatic heterocycles. The summed E-state index contributed by atoms with van der Waals surface area (Å²) >= 11 is 0. The number of pyridine rings is 1. The molecule has 0 fully saturated rings. The summed E-state index contributed by atoms with van der Waals surface area (Å²) in [6.45, 7) is 5.71. The van der Waals surface area contributed by atoms with Gasteiger partial charge in [-0.2, -0.15) is 0 Å². The van der Waals surface area contributed by atoms with E-state index in [1.807, 2.05) is 45.2 Å². The maximum Gasteiger partial charge on any atom is 0.126 e. The van der Waals surface area contributed by atoms with Gasteiger partial charge in [0, 0.05) is 11.4 Å². The molecule has 100 valence electrons. The molecule has 1 heterocycles.